The van der Waals surface area contributed by atoms with Crippen molar-refractivity contribution in [2.24, 2.45) is 0 Å². The maximum atomic E-state index is 13.7. The molecule has 0 fully saturated rings. The molecule has 0 atom stereocenters. The first-order valence-electron chi connectivity index (χ1n) is 10.5. The molecule has 0 saturated carbocycles. The Morgan fingerprint density at radius 1 is 1.27 bits per heavy atom. The maximum absolute atomic E-state index is 13.7. The van der Waals surface area contributed by atoms with Crippen LogP contribution in [0.3, 0.4) is 0 Å². The van der Waals surface area contributed by atoms with Gasteiger partial charge in [0.25, 0.3) is 5.56 Å². The molecular formula is C23H24FN5O3S. The molecule has 0 aliphatic heterocycles. The number of aryl methyl sites for hydroxylation is 2. The summed E-state index contributed by atoms with van der Waals surface area (Å²) in [5.74, 6) is -0.544. The van der Waals surface area contributed by atoms with E-state index in [1.807, 2.05) is 6.92 Å². The highest BCUT2D eigenvalue weighted by molar-refractivity contribution is 7.15. The lowest BCUT2D eigenvalue weighted by molar-refractivity contribution is -0.120. The molecule has 33 heavy (non-hydrogen) atoms. The van der Waals surface area contributed by atoms with E-state index in [4.69, 9.17) is 4.74 Å². The zero-order valence-corrected chi connectivity index (χ0v) is 19.4. The summed E-state index contributed by atoms with van der Waals surface area (Å²) in [7, 11) is 1.61. The van der Waals surface area contributed by atoms with Gasteiger partial charge in [-0.05, 0) is 44.5 Å². The number of amides is 1. The summed E-state index contributed by atoms with van der Waals surface area (Å²) < 4.78 is 21.7. The minimum absolute atomic E-state index is 0.0633. The number of nitrogens with one attached hydrogen (secondary N) is 1. The van der Waals surface area contributed by atoms with Gasteiger partial charge in [0.1, 0.15) is 11.5 Å². The van der Waals surface area contributed by atoms with E-state index in [1.165, 1.54) is 27.9 Å². The van der Waals surface area contributed by atoms with Crippen molar-refractivity contribution in [1.29, 1.82) is 0 Å². The quantitative estimate of drug-likeness (QED) is 0.401. The fourth-order valence-electron chi connectivity index (χ4n) is 3.66. The number of hydrogen-bond acceptors (Lipinski definition) is 6. The van der Waals surface area contributed by atoms with Crippen molar-refractivity contribution < 1.29 is 13.9 Å². The van der Waals surface area contributed by atoms with Crippen molar-refractivity contribution in [3.05, 3.63) is 69.0 Å². The number of aromatic nitrogens is 4. The second kappa shape index (κ2) is 9.63. The largest absolute Gasteiger partial charge is 0.385 e. The monoisotopic (exact) mass is 469 g/mol. The highest BCUT2D eigenvalue weighted by atomic mass is 32.1. The summed E-state index contributed by atoms with van der Waals surface area (Å²) >= 11 is 1.31. The van der Waals surface area contributed by atoms with E-state index in [0.717, 1.165) is 5.69 Å². The zero-order valence-electron chi connectivity index (χ0n) is 18.6. The number of halogens is 1. The Labute approximate surface area is 193 Å². The van der Waals surface area contributed by atoms with Gasteiger partial charge in [0, 0.05) is 37.0 Å². The fourth-order valence-corrected chi connectivity index (χ4v) is 4.59. The molecule has 10 heteroatoms. The second-order valence-corrected chi connectivity index (χ2v) is 8.49. The Balaban J connectivity index is 1.70. The molecule has 0 spiro atoms. The van der Waals surface area contributed by atoms with Gasteiger partial charge < -0.3 is 10.1 Å². The predicted molar refractivity (Wildman–Crippen MR) is 125 cm³/mol. The van der Waals surface area contributed by atoms with Crippen LogP contribution in [0.25, 0.3) is 21.9 Å². The predicted octanol–water partition coefficient (Wildman–Crippen LogP) is 3.06. The lowest BCUT2D eigenvalue weighted by Crippen LogP contribution is -2.28. The molecule has 1 aromatic carbocycles. The molecule has 0 radical (unpaired) electrons. The number of ether oxygens (including phenoxy) is 1. The SMILES string of the molecule is COCCCNC(=O)Cc1csc2nc(C)c(-c3cc(C)n(-c4cccc(F)c4)n3)c(=O)n12. The van der Waals surface area contributed by atoms with E-state index < -0.39 is 0 Å². The minimum atomic E-state index is -0.369. The molecule has 0 bridgehead atoms. The number of fused-ring (bicyclic) bond motifs is 1. The first-order valence-corrected chi connectivity index (χ1v) is 11.4. The number of carbonyl (C=O) groups excluding carboxylic acids is 1. The van der Waals surface area contributed by atoms with Crippen molar-refractivity contribution in [3.63, 3.8) is 0 Å². The van der Waals surface area contributed by atoms with Crippen molar-refractivity contribution in [3.8, 4) is 16.9 Å². The number of methoxy groups -OCH3 is 1. The van der Waals surface area contributed by atoms with Crippen LogP contribution in [0.1, 0.15) is 23.5 Å². The van der Waals surface area contributed by atoms with E-state index in [2.05, 4.69) is 15.4 Å². The van der Waals surface area contributed by atoms with Gasteiger partial charge in [-0.15, -0.1) is 11.3 Å². The Hall–Kier alpha value is -3.37. The van der Waals surface area contributed by atoms with Gasteiger partial charge >= 0.3 is 0 Å². The third-order valence-electron chi connectivity index (χ3n) is 5.21. The van der Waals surface area contributed by atoms with Gasteiger partial charge in [-0.1, -0.05) is 6.07 Å². The Bertz CT molecular complexity index is 1370. The lowest BCUT2D eigenvalue weighted by atomic mass is 10.1. The molecule has 0 aliphatic carbocycles. The highest BCUT2D eigenvalue weighted by Crippen LogP contribution is 2.23. The van der Waals surface area contributed by atoms with E-state index in [-0.39, 0.29) is 23.7 Å². The van der Waals surface area contributed by atoms with Crippen LogP contribution in [0, 0.1) is 19.7 Å². The van der Waals surface area contributed by atoms with Crippen LogP contribution in [0.4, 0.5) is 4.39 Å². The summed E-state index contributed by atoms with van der Waals surface area (Å²) in [6.45, 7) is 4.66. The smallest absolute Gasteiger partial charge is 0.268 e. The van der Waals surface area contributed by atoms with Crippen molar-refractivity contribution in [1.82, 2.24) is 24.5 Å². The lowest BCUT2D eigenvalue weighted by Gasteiger charge is -2.07. The third-order valence-corrected chi connectivity index (χ3v) is 6.08. The molecule has 4 rings (SSSR count). The number of carbonyl (C=O) groups is 1. The van der Waals surface area contributed by atoms with Gasteiger partial charge in [0.15, 0.2) is 4.96 Å². The van der Waals surface area contributed by atoms with Gasteiger partial charge in [0.2, 0.25) is 5.91 Å². The summed E-state index contributed by atoms with van der Waals surface area (Å²) in [4.78, 5) is 30.9. The Kier molecular flexibility index (Phi) is 6.66. The van der Waals surface area contributed by atoms with Crippen molar-refractivity contribution in [2.45, 2.75) is 26.7 Å². The van der Waals surface area contributed by atoms with Crippen LogP contribution >= 0.6 is 11.3 Å². The average molecular weight is 470 g/mol. The summed E-state index contributed by atoms with van der Waals surface area (Å²) in [5, 5.41) is 9.17. The number of nitrogens with zero attached hydrogens (tertiary/aromatic N) is 4. The number of rotatable bonds is 8. The molecule has 3 heterocycles. The van der Waals surface area contributed by atoms with Crippen molar-refractivity contribution in [2.75, 3.05) is 20.3 Å². The van der Waals surface area contributed by atoms with Gasteiger partial charge in [0.05, 0.1) is 23.4 Å². The minimum Gasteiger partial charge on any atom is -0.385 e. The summed E-state index contributed by atoms with van der Waals surface area (Å²) in [6.07, 6.45) is 0.776. The molecule has 0 saturated heterocycles. The molecule has 0 unspecified atom stereocenters. The normalized spacial score (nSPS) is 11.3. The van der Waals surface area contributed by atoms with Crippen LogP contribution in [0.5, 0.6) is 0 Å². The summed E-state index contributed by atoms with van der Waals surface area (Å²) in [5.41, 5.74) is 2.94. The van der Waals surface area contributed by atoms with Crippen LogP contribution in [0.2, 0.25) is 0 Å². The number of benzene rings is 1. The topological polar surface area (TPSA) is 90.5 Å². The van der Waals surface area contributed by atoms with E-state index in [9.17, 15) is 14.0 Å². The molecular weight excluding hydrogens is 445 g/mol. The van der Waals surface area contributed by atoms with Gasteiger partial charge in [-0.25, -0.2) is 14.1 Å². The molecule has 1 amide bonds. The molecule has 1 N–H and O–H groups in total. The van der Waals surface area contributed by atoms with E-state index in [0.29, 0.717) is 52.9 Å². The standard InChI is InChI=1S/C23H24FN5O3S/c1-14-10-19(27-29(14)17-7-4-6-16(24)11-17)21-15(2)26-23-28(22(21)31)18(13-33-23)12-20(30)25-8-5-9-32-3/h4,6-7,10-11,13H,5,8-9,12H2,1-3H3,(H,25,30). The maximum Gasteiger partial charge on any atom is 0.268 e. The molecule has 0 aliphatic rings. The highest BCUT2D eigenvalue weighted by Gasteiger charge is 2.20. The Morgan fingerprint density at radius 3 is 2.85 bits per heavy atom. The van der Waals surface area contributed by atoms with Gasteiger partial charge in [-0.2, -0.15) is 5.10 Å². The zero-order chi connectivity index (χ0) is 23.5. The van der Waals surface area contributed by atoms with Crippen molar-refractivity contribution >= 4 is 22.2 Å². The second-order valence-electron chi connectivity index (χ2n) is 7.66. The van der Waals surface area contributed by atoms with Crippen LogP contribution in [-0.2, 0) is 16.0 Å². The third kappa shape index (κ3) is 4.71. The molecule has 172 valence electrons. The first kappa shape index (κ1) is 22.8. The first-order chi connectivity index (χ1) is 15.9. The van der Waals surface area contributed by atoms with E-state index >= 15 is 0 Å². The number of hydrogen-bond donors (Lipinski definition) is 1. The molecule has 8 nitrogen and oxygen atoms in total. The van der Waals surface area contributed by atoms with Gasteiger partial charge in [-0.3, -0.25) is 14.0 Å². The Morgan fingerprint density at radius 2 is 2.09 bits per heavy atom. The summed E-state index contributed by atoms with van der Waals surface area (Å²) in [6, 6.07) is 7.88. The van der Waals surface area contributed by atoms with Crippen LogP contribution < -0.4 is 10.9 Å². The van der Waals surface area contributed by atoms with Crippen LogP contribution in [0.15, 0.2) is 40.5 Å². The molecule has 4 aromatic rings. The number of thiazole rings is 1. The van der Waals surface area contributed by atoms with E-state index in [1.54, 1.807) is 42.3 Å². The fraction of sp³-hybridized carbons (Fsp3) is 0.304. The van der Waals surface area contributed by atoms with Crippen LogP contribution in [-0.4, -0.2) is 45.3 Å². The molecule has 3 aromatic heterocycles. The average Bonchev–Trinajstić information content (AvgIpc) is 3.34.